The summed E-state index contributed by atoms with van der Waals surface area (Å²) in [6.45, 7) is 8.05. The molecule has 0 atom stereocenters. The molecule has 0 bridgehead atoms. The lowest BCUT2D eigenvalue weighted by Crippen LogP contribution is -2.20. The largest absolute Gasteiger partial charge is 0.479 e. The van der Waals surface area contributed by atoms with Gasteiger partial charge >= 0.3 is 0 Å². The molecule has 1 aromatic carbocycles. The Morgan fingerprint density at radius 3 is 1.96 bits per heavy atom. The van der Waals surface area contributed by atoms with Gasteiger partial charge in [-0.2, -0.15) is 0 Å². The van der Waals surface area contributed by atoms with E-state index in [1.54, 1.807) is 7.11 Å². The molecule has 0 aromatic heterocycles. The van der Waals surface area contributed by atoms with Gasteiger partial charge in [-0.25, -0.2) is 0 Å². The van der Waals surface area contributed by atoms with Gasteiger partial charge in [0.25, 0.3) is 0 Å². The third-order valence-corrected chi connectivity index (χ3v) is 3.85. The Morgan fingerprint density at radius 2 is 1.50 bits per heavy atom. The van der Waals surface area contributed by atoms with Crippen LogP contribution >= 0.6 is 0 Å². The van der Waals surface area contributed by atoms with Gasteiger partial charge < -0.3 is 4.74 Å². The standard InChI is InChI=1S/C20H24N2O2/c1-13(2)17-11-16(12-18(14(3)4)19(17)23)21-22-20(24-5)15-9-7-6-8-10-15/h6-14H,1-5H3/b22-20-. The molecular weight excluding hydrogens is 300 g/mol. The second-order valence-corrected chi connectivity index (χ2v) is 6.34. The molecule has 4 heteroatoms. The first-order chi connectivity index (χ1) is 11.4. The maximum Gasteiger partial charge on any atom is 0.240 e. The van der Waals surface area contributed by atoms with Gasteiger partial charge in [0.1, 0.15) is 0 Å². The number of carbonyl (C=O) groups is 1. The molecular formula is C20H24N2O2. The molecule has 0 saturated heterocycles. The van der Waals surface area contributed by atoms with Crippen molar-refractivity contribution in [1.29, 1.82) is 0 Å². The van der Waals surface area contributed by atoms with Crippen LogP contribution in [0.25, 0.3) is 0 Å². The van der Waals surface area contributed by atoms with E-state index in [-0.39, 0.29) is 17.6 Å². The van der Waals surface area contributed by atoms with E-state index < -0.39 is 0 Å². The minimum Gasteiger partial charge on any atom is -0.479 e. The summed E-state index contributed by atoms with van der Waals surface area (Å²) in [6.07, 6.45) is 3.64. The van der Waals surface area contributed by atoms with Gasteiger partial charge in [-0.1, -0.05) is 45.9 Å². The van der Waals surface area contributed by atoms with E-state index in [1.165, 1.54) is 0 Å². The van der Waals surface area contributed by atoms with Gasteiger partial charge in [0.2, 0.25) is 5.90 Å². The molecule has 1 aromatic rings. The van der Waals surface area contributed by atoms with Gasteiger partial charge in [-0.15, -0.1) is 10.2 Å². The van der Waals surface area contributed by atoms with Crippen molar-refractivity contribution in [3.8, 4) is 0 Å². The SMILES string of the molecule is CO/C(=N\N=C1C=C(C(C)C)C(=O)C(C(C)C)=C1)c1ccccc1. The molecule has 0 aliphatic heterocycles. The number of hydrogen-bond donors (Lipinski definition) is 0. The maximum atomic E-state index is 12.5. The average molecular weight is 324 g/mol. The van der Waals surface area contributed by atoms with Crippen LogP contribution in [0, 0.1) is 11.8 Å². The Hall–Kier alpha value is -2.49. The summed E-state index contributed by atoms with van der Waals surface area (Å²) in [6, 6.07) is 9.60. The number of Topliss-reactive ketones (excluding diaryl/α,β-unsaturated/α-hetero) is 1. The van der Waals surface area contributed by atoms with Crippen LogP contribution in [0.2, 0.25) is 0 Å². The third-order valence-electron chi connectivity index (χ3n) is 3.85. The van der Waals surface area contributed by atoms with Crippen molar-refractivity contribution >= 4 is 17.4 Å². The Morgan fingerprint density at radius 1 is 0.958 bits per heavy atom. The summed E-state index contributed by atoms with van der Waals surface area (Å²) in [5, 5.41) is 8.54. The lowest BCUT2D eigenvalue weighted by Gasteiger charge is -2.19. The zero-order valence-corrected chi connectivity index (χ0v) is 14.9. The van der Waals surface area contributed by atoms with Gasteiger partial charge in [0.15, 0.2) is 5.78 Å². The Kier molecular flexibility index (Phi) is 5.85. The summed E-state index contributed by atoms with van der Waals surface area (Å²) in [4.78, 5) is 12.5. The zero-order chi connectivity index (χ0) is 17.7. The molecule has 0 spiro atoms. The second kappa shape index (κ2) is 7.86. The maximum absolute atomic E-state index is 12.5. The average Bonchev–Trinajstić information content (AvgIpc) is 2.57. The highest BCUT2D eigenvalue weighted by atomic mass is 16.5. The fourth-order valence-corrected chi connectivity index (χ4v) is 2.47. The predicted octanol–water partition coefficient (Wildman–Crippen LogP) is 4.18. The fraction of sp³-hybridized carbons (Fsp3) is 0.350. The minimum atomic E-state index is 0.109. The van der Waals surface area contributed by atoms with Crippen LogP contribution in [0.5, 0.6) is 0 Å². The van der Waals surface area contributed by atoms with Crippen LogP contribution in [-0.4, -0.2) is 24.5 Å². The summed E-state index contributed by atoms with van der Waals surface area (Å²) < 4.78 is 5.33. The van der Waals surface area contributed by atoms with Crippen LogP contribution in [0.15, 0.2) is 63.8 Å². The number of rotatable bonds is 4. The molecule has 4 nitrogen and oxygen atoms in total. The van der Waals surface area contributed by atoms with Crippen LogP contribution in [0.1, 0.15) is 33.3 Å². The van der Waals surface area contributed by atoms with E-state index in [1.807, 2.05) is 70.2 Å². The highest BCUT2D eigenvalue weighted by Crippen LogP contribution is 2.25. The molecule has 1 aliphatic rings. The van der Waals surface area contributed by atoms with Gasteiger partial charge in [0, 0.05) is 16.7 Å². The minimum absolute atomic E-state index is 0.109. The number of ether oxygens (including phenoxy) is 1. The number of ketones is 1. The van der Waals surface area contributed by atoms with E-state index in [0.717, 1.165) is 16.7 Å². The molecule has 0 saturated carbocycles. The number of hydrogen-bond acceptors (Lipinski definition) is 4. The Balaban J connectivity index is 2.42. The molecule has 24 heavy (non-hydrogen) atoms. The first-order valence-corrected chi connectivity index (χ1v) is 8.17. The van der Waals surface area contributed by atoms with E-state index in [4.69, 9.17) is 4.74 Å². The van der Waals surface area contributed by atoms with E-state index in [9.17, 15) is 4.79 Å². The highest BCUT2D eigenvalue weighted by Gasteiger charge is 2.24. The summed E-state index contributed by atoms with van der Waals surface area (Å²) in [5.74, 6) is 0.840. The summed E-state index contributed by atoms with van der Waals surface area (Å²) in [5.41, 5.74) is 3.08. The van der Waals surface area contributed by atoms with Crippen molar-refractivity contribution in [1.82, 2.24) is 0 Å². The molecule has 126 valence electrons. The number of carbonyl (C=O) groups excluding carboxylic acids is 1. The van der Waals surface area contributed by atoms with Crippen molar-refractivity contribution in [3.05, 3.63) is 59.2 Å². The van der Waals surface area contributed by atoms with Crippen LogP contribution in [0.3, 0.4) is 0 Å². The third kappa shape index (κ3) is 4.07. The van der Waals surface area contributed by atoms with Crippen molar-refractivity contribution in [2.75, 3.05) is 7.11 Å². The molecule has 0 radical (unpaired) electrons. The monoisotopic (exact) mass is 324 g/mol. The first kappa shape index (κ1) is 17.9. The molecule has 0 fully saturated rings. The van der Waals surface area contributed by atoms with Gasteiger partial charge in [-0.3, -0.25) is 4.79 Å². The predicted molar refractivity (Wildman–Crippen MR) is 98.3 cm³/mol. The molecule has 0 heterocycles. The van der Waals surface area contributed by atoms with Crippen LogP contribution < -0.4 is 0 Å². The van der Waals surface area contributed by atoms with E-state index in [0.29, 0.717) is 11.6 Å². The van der Waals surface area contributed by atoms with E-state index >= 15 is 0 Å². The van der Waals surface area contributed by atoms with Crippen molar-refractivity contribution in [3.63, 3.8) is 0 Å². The van der Waals surface area contributed by atoms with Crippen molar-refractivity contribution < 1.29 is 9.53 Å². The molecule has 1 aliphatic carbocycles. The van der Waals surface area contributed by atoms with Crippen LogP contribution in [-0.2, 0) is 9.53 Å². The van der Waals surface area contributed by atoms with Crippen LogP contribution in [0.4, 0.5) is 0 Å². The normalized spacial score (nSPS) is 15.5. The lowest BCUT2D eigenvalue weighted by molar-refractivity contribution is -0.113. The van der Waals surface area contributed by atoms with E-state index in [2.05, 4.69) is 10.2 Å². The number of allylic oxidation sites excluding steroid dienone is 4. The highest BCUT2D eigenvalue weighted by molar-refractivity contribution is 6.22. The number of nitrogens with zero attached hydrogens (tertiary/aromatic N) is 2. The summed E-state index contributed by atoms with van der Waals surface area (Å²) in [7, 11) is 1.57. The zero-order valence-electron chi connectivity index (χ0n) is 14.9. The number of methoxy groups -OCH3 is 1. The molecule has 0 unspecified atom stereocenters. The Labute approximate surface area is 143 Å². The van der Waals surface area contributed by atoms with Gasteiger partial charge in [-0.05, 0) is 36.1 Å². The smallest absolute Gasteiger partial charge is 0.240 e. The molecule has 0 amide bonds. The van der Waals surface area contributed by atoms with Crippen molar-refractivity contribution in [2.45, 2.75) is 27.7 Å². The lowest BCUT2D eigenvalue weighted by atomic mass is 9.84. The van der Waals surface area contributed by atoms with Gasteiger partial charge in [0.05, 0.1) is 12.8 Å². The van der Waals surface area contributed by atoms with Crippen molar-refractivity contribution in [2.24, 2.45) is 22.0 Å². The second-order valence-electron chi connectivity index (χ2n) is 6.34. The first-order valence-electron chi connectivity index (χ1n) is 8.17. The quantitative estimate of drug-likeness (QED) is 0.361. The summed E-state index contributed by atoms with van der Waals surface area (Å²) >= 11 is 0. The number of benzene rings is 1. The fourth-order valence-electron chi connectivity index (χ4n) is 2.47. The molecule has 0 N–H and O–H groups in total. The molecule has 2 rings (SSSR count). The Bertz CT molecular complexity index is 693. The topological polar surface area (TPSA) is 51.0 Å².